The highest BCUT2D eigenvalue weighted by Crippen LogP contribution is 2.33. The van der Waals surface area contributed by atoms with Crippen molar-refractivity contribution in [3.8, 4) is 0 Å². The molecule has 2 fully saturated rings. The maximum absolute atomic E-state index is 9.99. The van der Waals surface area contributed by atoms with Gasteiger partial charge in [0, 0.05) is 19.1 Å². The Morgan fingerprint density at radius 1 is 1.06 bits per heavy atom. The zero-order chi connectivity index (χ0) is 12.4. The molecule has 0 amide bonds. The van der Waals surface area contributed by atoms with Gasteiger partial charge in [0.05, 0.1) is 12.0 Å². The normalized spacial score (nSPS) is 30.5. The molecule has 3 rings (SSSR count). The van der Waals surface area contributed by atoms with Crippen LogP contribution in [0.3, 0.4) is 0 Å². The molecule has 1 aromatic rings. The van der Waals surface area contributed by atoms with Crippen LogP contribution in [0.4, 0.5) is 0 Å². The summed E-state index contributed by atoms with van der Waals surface area (Å²) in [7, 11) is 0. The molecule has 1 N–H and O–H groups in total. The maximum Gasteiger partial charge on any atom is 0.232 e. The molecule has 0 radical (unpaired) electrons. The van der Waals surface area contributed by atoms with Crippen molar-refractivity contribution in [2.45, 2.75) is 56.5 Å². The highest BCUT2D eigenvalue weighted by molar-refractivity contribution is 5.02. The number of hydrogen-bond acceptors (Lipinski definition) is 5. The van der Waals surface area contributed by atoms with E-state index in [1.807, 2.05) is 0 Å². The zero-order valence-electron chi connectivity index (χ0n) is 10.5. The fraction of sp³-hybridized carbons (Fsp3) is 0.846. The third-order valence-corrected chi connectivity index (χ3v) is 4.09. The van der Waals surface area contributed by atoms with Crippen LogP contribution in [0.15, 0.2) is 4.52 Å². The molecule has 0 bridgehead atoms. The first kappa shape index (κ1) is 12.1. The molecule has 1 saturated carbocycles. The first-order valence-corrected chi connectivity index (χ1v) is 6.94. The van der Waals surface area contributed by atoms with Crippen LogP contribution in [0.5, 0.6) is 0 Å². The lowest BCUT2D eigenvalue weighted by molar-refractivity contribution is 0.0830. The molecule has 1 aromatic heterocycles. The standard InChI is InChI=1S/C13H20N2O3/c16-11-4-2-1-3-10(11)13-14-12(15-18-13)9-5-7-17-8-6-9/h9-11,16H,1-8H2. The van der Waals surface area contributed by atoms with Gasteiger partial charge in [-0.05, 0) is 25.7 Å². The first-order valence-electron chi connectivity index (χ1n) is 6.94. The van der Waals surface area contributed by atoms with E-state index in [2.05, 4.69) is 10.1 Å². The second-order valence-electron chi connectivity index (χ2n) is 5.34. The third-order valence-electron chi connectivity index (χ3n) is 4.09. The van der Waals surface area contributed by atoms with Gasteiger partial charge in [0.25, 0.3) is 0 Å². The van der Waals surface area contributed by atoms with Crippen molar-refractivity contribution < 1.29 is 14.4 Å². The molecule has 18 heavy (non-hydrogen) atoms. The number of nitrogens with zero attached hydrogens (tertiary/aromatic N) is 2. The van der Waals surface area contributed by atoms with Crippen LogP contribution < -0.4 is 0 Å². The van der Waals surface area contributed by atoms with Crippen LogP contribution in [0.2, 0.25) is 0 Å². The average molecular weight is 252 g/mol. The minimum Gasteiger partial charge on any atom is -0.392 e. The summed E-state index contributed by atoms with van der Waals surface area (Å²) >= 11 is 0. The van der Waals surface area contributed by atoms with Crippen LogP contribution in [0.1, 0.15) is 62.1 Å². The van der Waals surface area contributed by atoms with Gasteiger partial charge in [0.2, 0.25) is 5.89 Å². The summed E-state index contributed by atoms with van der Waals surface area (Å²) < 4.78 is 10.7. The van der Waals surface area contributed by atoms with Crippen molar-refractivity contribution in [2.75, 3.05) is 13.2 Å². The Bertz CT molecular complexity index is 387. The fourth-order valence-corrected chi connectivity index (χ4v) is 2.92. The number of hydrogen-bond donors (Lipinski definition) is 1. The smallest absolute Gasteiger partial charge is 0.232 e. The molecule has 2 atom stereocenters. The SMILES string of the molecule is OC1CCCCC1c1nc(C2CCOCC2)no1. The summed E-state index contributed by atoms with van der Waals surface area (Å²) in [5.74, 6) is 1.83. The van der Waals surface area contributed by atoms with Gasteiger partial charge in [-0.2, -0.15) is 4.98 Å². The van der Waals surface area contributed by atoms with Crippen LogP contribution in [0.25, 0.3) is 0 Å². The van der Waals surface area contributed by atoms with E-state index in [4.69, 9.17) is 9.26 Å². The van der Waals surface area contributed by atoms with E-state index in [0.29, 0.717) is 11.8 Å². The third kappa shape index (κ3) is 2.42. The molecule has 0 spiro atoms. The second-order valence-corrected chi connectivity index (χ2v) is 5.34. The van der Waals surface area contributed by atoms with Crippen molar-refractivity contribution in [3.05, 3.63) is 11.7 Å². The Hall–Kier alpha value is -0.940. The molecule has 0 aromatic carbocycles. The van der Waals surface area contributed by atoms with Crippen LogP contribution in [-0.4, -0.2) is 34.6 Å². The Balaban J connectivity index is 1.71. The van der Waals surface area contributed by atoms with Crippen molar-refractivity contribution in [1.82, 2.24) is 10.1 Å². The van der Waals surface area contributed by atoms with Gasteiger partial charge in [-0.15, -0.1) is 0 Å². The van der Waals surface area contributed by atoms with E-state index in [9.17, 15) is 5.11 Å². The van der Waals surface area contributed by atoms with Crippen molar-refractivity contribution in [1.29, 1.82) is 0 Å². The summed E-state index contributed by atoms with van der Waals surface area (Å²) in [4.78, 5) is 4.51. The number of aromatic nitrogens is 2. The monoisotopic (exact) mass is 252 g/mol. The van der Waals surface area contributed by atoms with E-state index in [1.165, 1.54) is 0 Å². The van der Waals surface area contributed by atoms with Gasteiger partial charge in [0.1, 0.15) is 0 Å². The largest absolute Gasteiger partial charge is 0.392 e. The predicted octanol–water partition coefficient (Wildman–Crippen LogP) is 1.98. The number of aliphatic hydroxyl groups is 1. The lowest BCUT2D eigenvalue weighted by atomic mass is 9.86. The van der Waals surface area contributed by atoms with Crippen LogP contribution >= 0.6 is 0 Å². The average Bonchev–Trinajstić information content (AvgIpc) is 2.90. The first-order chi connectivity index (χ1) is 8.84. The molecule has 1 aliphatic heterocycles. The summed E-state index contributed by atoms with van der Waals surface area (Å²) in [6, 6.07) is 0. The summed E-state index contributed by atoms with van der Waals surface area (Å²) in [5.41, 5.74) is 0. The van der Waals surface area contributed by atoms with Crippen LogP contribution in [0, 0.1) is 0 Å². The van der Waals surface area contributed by atoms with E-state index in [-0.39, 0.29) is 12.0 Å². The highest BCUT2D eigenvalue weighted by atomic mass is 16.5. The fourth-order valence-electron chi connectivity index (χ4n) is 2.92. The quantitative estimate of drug-likeness (QED) is 0.871. The van der Waals surface area contributed by atoms with Crippen LogP contribution in [-0.2, 0) is 4.74 Å². The maximum atomic E-state index is 9.99. The molecule has 2 heterocycles. The number of aliphatic hydroxyl groups excluding tert-OH is 1. The Morgan fingerprint density at radius 3 is 2.61 bits per heavy atom. The molecule has 5 nitrogen and oxygen atoms in total. The Labute approximate surface area is 107 Å². The van der Waals surface area contributed by atoms with E-state index < -0.39 is 0 Å². The zero-order valence-corrected chi connectivity index (χ0v) is 10.5. The van der Waals surface area contributed by atoms with Gasteiger partial charge in [-0.3, -0.25) is 0 Å². The number of rotatable bonds is 2. The topological polar surface area (TPSA) is 68.4 Å². The van der Waals surface area contributed by atoms with Gasteiger partial charge >= 0.3 is 0 Å². The van der Waals surface area contributed by atoms with Gasteiger partial charge in [-0.25, -0.2) is 0 Å². The molecule has 1 aliphatic carbocycles. The van der Waals surface area contributed by atoms with Crippen molar-refractivity contribution in [2.24, 2.45) is 0 Å². The molecule has 100 valence electrons. The van der Waals surface area contributed by atoms with Gasteiger partial charge in [-0.1, -0.05) is 18.0 Å². The number of ether oxygens (including phenoxy) is 1. The minimum absolute atomic E-state index is 0.0415. The lowest BCUT2D eigenvalue weighted by Gasteiger charge is -2.24. The van der Waals surface area contributed by atoms with Crippen molar-refractivity contribution >= 4 is 0 Å². The molecule has 2 aliphatic rings. The summed E-state index contributed by atoms with van der Waals surface area (Å²) in [5, 5.41) is 14.1. The molecule has 5 heteroatoms. The molecular formula is C13H20N2O3. The van der Waals surface area contributed by atoms with E-state index in [1.54, 1.807) is 0 Å². The van der Waals surface area contributed by atoms with Crippen molar-refractivity contribution in [3.63, 3.8) is 0 Å². The van der Waals surface area contributed by atoms with Gasteiger partial charge in [0.15, 0.2) is 5.82 Å². The van der Waals surface area contributed by atoms with E-state index in [0.717, 1.165) is 57.6 Å². The van der Waals surface area contributed by atoms with E-state index >= 15 is 0 Å². The second kappa shape index (κ2) is 5.36. The minimum atomic E-state index is -0.318. The Kier molecular flexibility index (Phi) is 3.61. The lowest BCUT2D eigenvalue weighted by Crippen LogP contribution is -2.23. The predicted molar refractivity (Wildman–Crippen MR) is 64.3 cm³/mol. The summed E-state index contributed by atoms with van der Waals surface area (Å²) in [6.45, 7) is 1.56. The summed E-state index contributed by atoms with van der Waals surface area (Å²) in [6.07, 6.45) is 5.64. The van der Waals surface area contributed by atoms with Gasteiger partial charge < -0.3 is 14.4 Å². The molecule has 2 unspecified atom stereocenters. The Morgan fingerprint density at radius 2 is 1.83 bits per heavy atom. The molecular weight excluding hydrogens is 232 g/mol. The molecule has 1 saturated heterocycles. The highest BCUT2D eigenvalue weighted by Gasteiger charge is 2.30.